The van der Waals surface area contributed by atoms with Gasteiger partial charge in [-0.05, 0) is 30.3 Å². The Bertz CT molecular complexity index is 1500. The van der Waals surface area contributed by atoms with Crippen molar-refractivity contribution in [3.8, 4) is 11.5 Å². The summed E-state index contributed by atoms with van der Waals surface area (Å²) in [6.45, 7) is 0. The molecule has 2 N–H and O–H groups in total. The van der Waals surface area contributed by atoms with Crippen molar-refractivity contribution >= 4 is 45.2 Å². The first kappa shape index (κ1) is 21.3. The zero-order valence-corrected chi connectivity index (χ0v) is 18.6. The third-order valence-electron chi connectivity index (χ3n) is 5.62. The van der Waals surface area contributed by atoms with Crippen LogP contribution in [0.2, 0.25) is 0 Å². The number of benzene rings is 2. The number of carbonyl (C=O) groups is 2. The molecule has 0 aliphatic carbocycles. The summed E-state index contributed by atoms with van der Waals surface area (Å²) in [5.74, 6) is 0.921. The topological polar surface area (TPSA) is 119 Å². The lowest BCUT2D eigenvalue weighted by Gasteiger charge is -2.10. The highest BCUT2D eigenvalue weighted by Crippen LogP contribution is 2.33. The van der Waals surface area contributed by atoms with Gasteiger partial charge in [0.25, 0.3) is 5.91 Å². The molecule has 0 unspecified atom stereocenters. The van der Waals surface area contributed by atoms with Crippen molar-refractivity contribution in [3.05, 3.63) is 66.1 Å². The van der Waals surface area contributed by atoms with E-state index in [2.05, 4.69) is 25.3 Å². The summed E-state index contributed by atoms with van der Waals surface area (Å²) in [4.78, 5) is 41.8. The van der Waals surface area contributed by atoms with Crippen molar-refractivity contribution < 1.29 is 19.1 Å². The van der Waals surface area contributed by atoms with Crippen LogP contribution in [-0.4, -0.2) is 46.6 Å². The third-order valence-corrected chi connectivity index (χ3v) is 5.62. The summed E-state index contributed by atoms with van der Waals surface area (Å²) >= 11 is 0. The number of anilines is 1. The number of aromatic amines is 1. The van der Waals surface area contributed by atoms with Crippen LogP contribution in [0.4, 0.5) is 5.95 Å². The van der Waals surface area contributed by atoms with Gasteiger partial charge in [-0.1, -0.05) is 12.1 Å². The fourth-order valence-corrected chi connectivity index (χ4v) is 3.95. The van der Waals surface area contributed by atoms with E-state index >= 15 is 0 Å². The molecule has 170 valence electrons. The second kappa shape index (κ2) is 8.78. The Labute approximate surface area is 194 Å². The molecular weight excluding hydrogens is 434 g/mol. The Morgan fingerprint density at radius 3 is 2.62 bits per heavy atom. The summed E-state index contributed by atoms with van der Waals surface area (Å²) in [6.07, 6.45) is 6.10. The van der Waals surface area contributed by atoms with Gasteiger partial charge in [-0.25, -0.2) is 4.98 Å². The van der Waals surface area contributed by atoms with Gasteiger partial charge in [0.15, 0.2) is 5.78 Å². The Hall–Kier alpha value is -4.53. The molecule has 0 fully saturated rings. The van der Waals surface area contributed by atoms with Crippen LogP contribution in [0.5, 0.6) is 11.5 Å². The molecule has 3 heterocycles. The average Bonchev–Trinajstić information content (AvgIpc) is 3.51. The van der Waals surface area contributed by atoms with Crippen LogP contribution in [0, 0.1) is 0 Å². The monoisotopic (exact) mass is 455 g/mol. The lowest BCUT2D eigenvalue weighted by atomic mass is 10.0. The number of nitrogens with one attached hydrogen (secondary N) is 2. The summed E-state index contributed by atoms with van der Waals surface area (Å²) in [5, 5.41) is 4.16. The van der Waals surface area contributed by atoms with Crippen molar-refractivity contribution in [1.82, 2.24) is 15.0 Å². The number of fused-ring (bicyclic) bond motifs is 2. The molecule has 0 atom stereocenters. The predicted molar refractivity (Wildman–Crippen MR) is 129 cm³/mol. The number of aliphatic imine (C=N–C) groups is 1. The second-order valence-electron chi connectivity index (χ2n) is 7.71. The number of allylic oxidation sites excluding steroid dienone is 1. The maximum absolute atomic E-state index is 12.9. The van der Waals surface area contributed by atoms with E-state index in [1.807, 2.05) is 6.08 Å². The van der Waals surface area contributed by atoms with E-state index in [1.165, 1.54) is 0 Å². The number of rotatable bonds is 7. The Kier molecular flexibility index (Phi) is 5.51. The summed E-state index contributed by atoms with van der Waals surface area (Å²) < 4.78 is 10.8. The van der Waals surface area contributed by atoms with Gasteiger partial charge in [-0.15, -0.1) is 0 Å². The molecule has 34 heavy (non-hydrogen) atoms. The molecule has 0 bridgehead atoms. The van der Waals surface area contributed by atoms with Crippen LogP contribution in [-0.2, 0) is 0 Å². The van der Waals surface area contributed by atoms with E-state index in [9.17, 15) is 9.59 Å². The SMILES string of the molecule is COc1ccc(OC)c2cc(C(=O)Nc3nc4c(C(=O)CC5=NC=CC5)cccc4[nH]3)ncc12. The number of ether oxygens (including phenoxy) is 2. The highest BCUT2D eigenvalue weighted by Gasteiger charge is 2.18. The van der Waals surface area contributed by atoms with E-state index in [1.54, 1.807) is 63.0 Å². The average molecular weight is 455 g/mol. The van der Waals surface area contributed by atoms with Gasteiger partial charge < -0.3 is 14.5 Å². The maximum Gasteiger partial charge on any atom is 0.276 e. The molecule has 0 spiro atoms. The van der Waals surface area contributed by atoms with Crippen molar-refractivity contribution in [2.24, 2.45) is 4.99 Å². The smallest absolute Gasteiger partial charge is 0.276 e. The van der Waals surface area contributed by atoms with E-state index in [4.69, 9.17) is 9.47 Å². The van der Waals surface area contributed by atoms with Gasteiger partial charge in [-0.3, -0.25) is 24.9 Å². The molecule has 9 nitrogen and oxygen atoms in total. The highest BCUT2D eigenvalue weighted by atomic mass is 16.5. The number of ketones is 1. The first-order chi connectivity index (χ1) is 16.6. The van der Waals surface area contributed by atoms with Crippen molar-refractivity contribution in [2.75, 3.05) is 19.5 Å². The van der Waals surface area contributed by atoms with Crippen LogP contribution in [0.1, 0.15) is 33.7 Å². The zero-order chi connectivity index (χ0) is 23.7. The summed E-state index contributed by atoms with van der Waals surface area (Å²) in [7, 11) is 3.13. The number of Topliss-reactive ketones (excluding diaryl/α,β-unsaturated/α-hetero) is 1. The number of imidazole rings is 1. The molecule has 1 aliphatic rings. The molecule has 2 aromatic carbocycles. The maximum atomic E-state index is 12.9. The van der Waals surface area contributed by atoms with Gasteiger partial charge in [-0.2, -0.15) is 0 Å². The van der Waals surface area contributed by atoms with Gasteiger partial charge in [0.2, 0.25) is 5.95 Å². The fourth-order valence-electron chi connectivity index (χ4n) is 3.95. The number of hydrogen-bond acceptors (Lipinski definition) is 7. The lowest BCUT2D eigenvalue weighted by molar-refractivity contribution is 0.0998. The number of aromatic nitrogens is 3. The van der Waals surface area contributed by atoms with Crippen molar-refractivity contribution in [1.29, 1.82) is 0 Å². The van der Waals surface area contributed by atoms with E-state index in [0.717, 1.165) is 11.1 Å². The van der Waals surface area contributed by atoms with Crippen LogP contribution < -0.4 is 14.8 Å². The molecule has 5 rings (SSSR count). The van der Waals surface area contributed by atoms with E-state index in [0.29, 0.717) is 39.9 Å². The van der Waals surface area contributed by atoms with Gasteiger partial charge in [0.1, 0.15) is 22.7 Å². The van der Waals surface area contributed by atoms with E-state index < -0.39 is 5.91 Å². The number of carbonyl (C=O) groups excluding carboxylic acids is 2. The van der Waals surface area contributed by atoms with Gasteiger partial charge >= 0.3 is 0 Å². The number of nitrogens with zero attached hydrogens (tertiary/aromatic N) is 3. The number of H-pyrrole nitrogens is 1. The Balaban J connectivity index is 1.42. The minimum absolute atomic E-state index is 0.0744. The summed E-state index contributed by atoms with van der Waals surface area (Å²) in [6, 6.07) is 10.5. The Morgan fingerprint density at radius 2 is 1.88 bits per heavy atom. The largest absolute Gasteiger partial charge is 0.496 e. The molecule has 1 aliphatic heterocycles. The van der Waals surface area contributed by atoms with Gasteiger partial charge in [0, 0.05) is 47.3 Å². The molecule has 0 radical (unpaired) electrons. The lowest BCUT2D eigenvalue weighted by Crippen LogP contribution is -2.14. The third kappa shape index (κ3) is 3.88. The zero-order valence-electron chi connectivity index (χ0n) is 18.6. The molecule has 2 aromatic heterocycles. The van der Waals surface area contributed by atoms with Crippen LogP contribution >= 0.6 is 0 Å². The van der Waals surface area contributed by atoms with Gasteiger partial charge in [0.05, 0.1) is 19.7 Å². The minimum atomic E-state index is -0.454. The summed E-state index contributed by atoms with van der Waals surface area (Å²) in [5.41, 5.74) is 2.62. The quantitative estimate of drug-likeness (QED) is 0.401. The minimum Gasteiger partial charge on any atom is -0.496 e. The molecule has 9 heteroatoms. The number of methoxy groups -OCH3 is 2. The first-order valence-corrected chi connectivity index (χ1v) is 10.6. The van der Waals surface area contributed by atoms with Crippen molar-refractivity contribution in [3.63, 3.8) is 0 Å². The van der Waals surface area contributed by atoms with Crippen molar-refractivity contribution in [2.45, 2.75) is 12.8 Å². The normalized spacial score (nSPS) is 12.7. The number of hydrogen-bond donors (Lipinski definition) is 2. The predicted octanol–water partition coefficient (Wildman–Crippen LogP) is 4.31. The highest BCUT2D eigenvalue weighted by molar-refractivity contribution is 6.15. The Morgan fingerprint density at radius 1 is 1.09 bits per heavy atom. The number of pyridine rings is 1. The van der Waals surface area contributed by atoms with Crippen LogP contribution in [0.15, 0.2) is 59.9 Å². The fraction of sp³-hybridized carbons (Fsp3) is 0.160. The first-order valence-electron chi connectivity index (χ1n) is 10.6. The molecule has 0 saturated carbocycles. The van der Waals surface area contributed by atoms with E-state index in [-0.39, 0.29) is 23.8 Å². The molecule has 4 aromatic rings. The molecular formula is C25H21N5O4. The standard InChI is InChI=1S/C25H21N5O4/c1-33-21-8-9-22(34-2)17-13-27-19(12-16(17)21)24(32)30-25-28-18-7-3-6-15(23(18)29-25)20(31)11-14-5-4-10-26-14/h3-4,6-10,12-13H,5,11H2,1-2H3,(H2,28,29,30,32). The van der Waals surface area contributed by atoms with Crippen LogP contribution in [0.25, 0.3) is 21.8 Å². The van der Waals surface area contributed by atoms with Crippen LogP contribution in [0.3, 0.4) is 0 Å². The molecule has 1 amide bonds. The second-order valence-corrected chi connectivity index (χ2v) is 7.71. The number of para-hydroxylation sites is 1. The number of amides is 1. The molecule has 0 saturated heterocycles.